The molecule has 1 aromatic rings. The highest BCUT2D eigenvalue weighted by atomic mass is 19.3. The van der Waals surface area contributed by atoms with Gasteiger partial charge in [-0.2, -0.15) is 0 Å². The number of phenols is 3. The van der Waals surface area contributed by atoms with Gasteiger partial charge in [-0.25, -0.2) is 8.78 Å². The Bertz CT molecular complexity index is 374. The minimum atomic E-state index is -3.69. The molecule has 90 valence electrons. The Morgan fingerprint density at radius 2 is 1.62 bits per heavy atom. The molecule has 0 aliphatic rings. The van der Waals surface area contributed by atoms with E-state index in [1.54, 1.807) is 0 Å². The van der Waals surface area contributed by atoms with Crippen molar-refractivity contribution in [3.8, 4) is 17.2 Å². The summed E-state index contributed by atoms with van der Waals surface area (Å²) >= 11 is 0. The van der Waals surface area contributed by atoms with Crippen molar-refractivity contribution in [1.82, 2.24) is 0 Å². The standard InChI is InChI=1S/C9H11F2NO4/c10-9(11,3-13)8(12)7-5(15)1-4(14)2-6(7)16/h1-2,8,13-16H,3,12H2/t8-/m1/s1. The van der Waals surface area contributed by atoms with E-state index in [9.17, 15) is 19.0 Å². The third kappa shape index (κ3) is 2.15. The van der Waals surface area contributed by atoms with Gasteiger partial charge in [0.1, 0.15) is 29.9 Å². The molecule has 0 aromatic heterocycles. The number of benzene rings is 1. The van der Waals surface area contributed by atoms with Gasteiger partial charge >= 0.3 is 0 Å². The maximum atomic E-state index is 13.0. The Kier molecular flexibility index (Phi) is 3.20. The quantitative estimate of drug-likeness (QED) is 0.522. The van der Waals surface area contributed by atoms with Gasteiger partial charge in [0.25, 0.3) is 5.92 Å². The highest BCUT2D eigenvalue weighted by molar-refractivity contribution is 5.50. The van der Waals surface area contributed by atoms with Gasteiger partial charge in [0.15, 0.2) is 0 Å². The Labute approximate surface area is 89.4 Å². The highest BCUT2D eigenvalue weighted by Crippen LogP contribution is 2.41. The number of hydrogen-bond donors (Lipinski definition) is 5. The monoisotopic (exact) mass is 235 g/mol. The van der Waals surface area contributed by atoms with Crippen LogP contribution < -0.4 is 5.73 Å². The molecule has 16 heavy (non-hydrogen) atoms. The van der Waals surface area contributed by atoms with E-state index < -0.39 is 41.4 Å². The second-order valence-corrected chi connectivity index (χ2v) is 3.29. The first-order valence-electron chi connectivity index (χ1n) is 4.28. The number of halogens is 2. The molecule has 0 bridgehead atoms. The Morgan fingerprint density at radius 1 is 1.19 bits per heavy atom. The zero-order chi connectivity index (χ0) is 12.5. The molecule has 0 heterocycles. The van der Waals surface area contributed by atoms with E-state index in [0.717, 1.165) is 12.1 Å². The van der Waals surface area contributed by atoms with Crippen LogP contribution in [-0.4, -0.2) is 33.0 Å². The van der Waals surface area contributed by atoms with Gasteiger partial charge in [-0.1, -0.05) is 0 Å². The van der Waals surface area contributed by atoms with Crippen LogP contribution in [0.25, 0.3) is 0 Å². The van der Waals surface area contributed by atoms with E-state index in [4.69, 9.17) is 15.9 Å². The van der Waals surface area contributed by atoms with Crippen LogP contribution in [-0.2, 0) is 0 Å². The van der Waals surface area contributed by atoms with E-state index in [-0.39, 0.29) is 0 Å². The van der Waals surface area contributed by atoms with Crippen LogP contribution in [0.1, 0.15) is 11.6 Å². The van der Waals surface area contributed by atoms with Crippen LogP contribution in [0.4, 0.5) is 8.78 Å². The fourth-order valence-corrected chi connectivity index (χ4v) is 1.24. The van der Waals surface area contributed by atoms with Gasteiger partial charge in [0, 0.05) is 12.1 Å². The van der Waals surface area contributed by atoms with E-state index in [1.807, 2.05) is 0 Å². The lowest BCUT2D eigenvalue weighted by molar-refractivity contribution is -0.0720. The van der Waals surface area contributed by atoms with Crippen molar-refractivity contribution in [1.29, 1.82) is 0 Å². The summed E-state index contributed by atoms with van der Waals surface area (Å²) in [6.45, 7) is -1.52. The van der Waals surface area contributed by atoms with E-state index in [2.05, 4.69) is 0 Å². The summed E-state index contributed by atoms with van der Waals surface area (Å²) in [5, 5.41) is 36.0. The van der Waals surface area contributed by atoms with Crippen molar-refractivity contribution in [2.24, 2.45) is 5.73 Å². The Morgan fingerprint density at radius 3 is 2.00 bits per heavy atom. The molecule has 1 rings (SSSR count). The maximum absolute atomic E-state index is 13.0. The number of phenolic OH excluding ortho intramolecular Hbond substituents is 3. The van der Waals surface area contributed by atoms with Crippen LogP contribution in [0.15, 0.2) is 12.1 Å². The van der Waals surface area contributed by atoms with Crippen molar-refractivity contribution in [3.63, 3.8) is 0 Å². The smallest absolute Gasteiger partial charge is 0.289 e. The van der Waals surface area contributed by atoms with Gasteiger partial charge in [0.2, 0.25) is 0 Å². The van der Waals surface area contributed by atoms with Crippen molar-refractivity contribution < 1.29 is 29.2 Å². The fourth-order valence-electron chi connectivity index (χ4n) is 1.24. The molecule has 0 saturated heterocycles. The Hall–Kier alpha value is -1.60. The number of rotatable bonds is 3. The lowest BCUT2D eigenvalue weighted by Gasteiger charge is -2.23. The number of nitrogens with two attached hydrogens (primary N) is 1. The van der Waals surface area contributed by atoms with E-state index in [0.29, 0.717) is 0 Å². The van der Waals surface area contributed by atoms with Crippen LogP contribution in [0.3, 0.4) is 0 Å². The number of aliphatic hydroxyl groups is 1. The predicted molar refractivity (Wildman–Crippen MR) is 50.4 cm³/mol. The lowest BCUT2D eigenvalue weighted by atomic mass is 9.99. The van der Waals surface area contributed by atoms with Gasteiger partial charge in [-0.3, -0.25) is 0 Å². The molecule has 1 atom stereocenters. The summed E-state index contributed by atoms with van der Waals surface area (Å²) in [5.41, 5.74) is 4.50. The first-order valence-corrected chi connectivity index (χ1v) is 4.28. The maximum Gasteiger partial charge on any atom is 0.289 e. The summed E-state index contributed by atoms with van der Waals surface area (Å²) in [6.07, 6.45) is 0. The van der Waals surface area contributed by atoms with Crippen molar-refractivity contribution in [2.45, 2.75) is 12.0 Å². The molecule has 6 N–H and O–H groups in total. The first-order chi connectivity index (χ1) is 7.29. The van der Waals surface area contributed by atoms with Crippen molar-refractivity contribution >= 4 is 0 Å². The zero-order valence-electron chi connectivity index (χ0n) is 8.06. The molecule has 7 heteroatoms. The van der Waals surface area contributed by atoms with Crippen LogP contribution in [0, 0.1) is 0 Å². The van der Waals surface area contributed by atoms with Gasteiger partial charge < -0.3 is 26.2 Å². The first kappa shape index (κ1) is 12.5. The SMILES string of the molecule is N[C@H](c1c(O)cc(O)cc1O)C(F)(F)CO. The molecule has 5 nitrogen and oxygen atoms in total. The zero-order valence-corrected chi connectivity index (χ0v) is 8.06. The van der Waals surface area contributed by atoms with Gasteiger partial charge in [-0.15, -0.1) is 0 Å². The second kappa shape index (κ2) is 4.11. The van der Waals surface area contributed by atoms with Crippen LogP contribution in [0.5, 0.6) is 17.2 Å². The lowest BCUT2D eigenvalue weighted by Crippen LogP contribution is -2.36. The van der Waals surface area contributed by atoms with Gasteiger partial charge in [-0.05, 0) is 0 Å². The molecule has 0 aliphatic carbocycles. The third-order valence-electron chi connectivity index (χ3n) is 2.10. The summed E-state index contributed by atoms with van der Waals surface area (Å²) in [7, 11) is 0. The average Bonchev–Trinajstić information content (AvgIpc) is 2.15. The largest absolute Gasteiger partial charge is 0.508 e. The topological polar surface area (TPSA) is 107 Å². The third-order valence-corrected chi connectivity index (χ3v) is 2.10. The molecule has 0 radical (unpaired) electrons. The molecule has 0 saturated carbocycles. The number of hydrogen-bond acceptors (Lipinski definition) is 5. The average molecular weight is 235 g/mol. The minimum absolute atomic E-state index is 0.488. The number of aromatic hydroxyl groups is 3. The number of aliphatic hydroxyl groups excluding tert-OH is 1. The molecule has 0 spiro atoms. The molecule has 0 aliphatic heterocycles. The van der Waals surface area contributed by atoms with Crippen LogP contribution >= 0.6 is 0 Å². The van der Waals surface area contributed by atoms with Crippen LogP contribution in [0.2, 0.25) is 0 Å². The summed E-state index contributed by atoms with van der Waals surface area (Å²) in [4.78, 5) is 0. The minimum Gasteiger partial charge on any atom is -0.508 e. The summed E-state index contributed by atoms with van der Waals surface area (Å²) in [5.74, 6) is -5.71. The van der Waals surface area contributed by atoms with Crippen molar-refractivity contribution in [3.05, 3.63) is 17.7 Å². The normalized spacial score (nSPS) is 13.8. The van der Waals surface area contributed by atoms with Crippen molar-refractivity contribution in [2.75, 3.05) is 6.61 Å². The molecule has 0 fully saturated rings. The predicted octanol–water partition coefficient (Wildman–Crippen LogP) is 0.431. The highest BCUT2D eigenvalue weighted by Gasteiger charge is 2.40. The van der Waals surface area contributed by atoms with E-state index in [1.165, 1.54) is 0 Å². The number of alkyl halides is 2. The second-order valence-electron chi connectivity index (χ2n) is 3.29. The summed E-state index contributed by atoms with van der Waals surface area (Å²) in [6, 6.07) is -0.539. The molecule has 0 unspecified atom stereocenters. The molecule has 0 amide bonds. The molecular weight excluding hydrogens is 224 g/mol. The fraction of sp³-hybridized carbons (Fsp3) is 0.333. The molecule has 1 aromatic carbocycles. The van der Waals surface area contributed by atoms with E-state index >= 15 is 0 Å². The summed E-state index contributed by atoms with van der Waals surface area (Å²) < 4.78 is 26.1. The Balaban J connectivity index is 3.24. The van der Waals surface area contributed by atoms with Gasteiger partial charge in [0.05, 0.1) is 5.56 Å². The molecular formula is C9H11F2NO4.